The van der Waals surface area contributed by atoms with Gasteiger partial charge in [0.05, 0.1) is 12.7 Å². The third-order valence-corrected chi connectivity index (χ3v) is 2.85. The van der Waals surface area contributed by atoms with Crippen molar-refractivity contribution >= 4 is 11.8 Å². The van der Waals surface area contributed by atoms with E-state index in [9.17, 15) is 9.59 Å². The summed E-state index contributed by atoms with van der Waals surface area (Å²) in [6.45, 7) is 0.101. The van der Waals surface area contributed by atoms with Crippen LogP contribution >= 0.6 is 0 Å². The van der Waals surface area contributed by atoms with Crippen LogP contribution in [0.4, 0.5) is 0 Å². The topological polar surface area (TPSA) is 123 Å². The van der Waals surface area contributed by atoms with Gasteiger partial charge in [0.15, 0.2) is 5.82 Å². The van der Waals surface area contributed by atoms with Gasteiger partial charge in [-0.15, -0.1) is 0 Å². The van der Waals surface area contributed by atoms with Crippen LogP contribution in [0.3, 0.4) is 0 Å². The van der Waals surface area contributed by atoms with Crippen LogP contribution in [0.25, 0.3) is 0 Å². The molecule has 0 radical (unpaired) electrons. The van der Waals surface area contributed by atoms with Gasteiger partial charge in [-0.2, -0.15) is 4.98 Å². The van der Waals surface area contributed by atoms with Crippen molar-refractivity contribution in [1.82, 2.24) is 25.9 Å². The summed E-state index contributed by atoms with van der Waals surface area (Å²) in [5, 5.41) is 12.5. The Morgan fingerprint density at radius 1 is 1.50 bits per heavy atom. The largest absolute Gasteiger partial charge is 0.351 e. The molecule has 1 atom stereocenters. The van der Waals surface area contributed by atoms with Crippen LogP contribution in [0.5, 0.6) is 0 Å². The van der Waals surface area contributed by atoms with E-state index in [1.54, 1.807) is 0 Å². The fraction of sp³-hybridized carbons (Fsp3) is 0.364. The Labute approximate surface area is 112 Å². The maximum Gasteiger partial charge on any atom is 0.290 e. The molecule has 1 aliphatic rings. The number of hydrogen-bond acceptors (Lipinski definition) is 7. The van der Waals surface area contributed by atoms with Gasteiger partial charge in [-0.1, -0.05) is 10.3 Å². The maximum absolute atomic E-state index is 11.6. The van der Waals surface area contributed by atoms with E-state index in [2.05, 4.69) is 25.9 Å². The number of aromatic nitrogens is 3. The molecule has 3 rings (SSSR count). The molecule has 2 aromatic heterocycles. The fourth-order valence-electron chi connectivity index (χ4n) is 1.86. The SMILES string of the molecule is O=C1CC[C@@H](c2nc(CNC(=O)c3ccno3)no2)N1. The summed E-state index contributed by atoms with van der Waals surface area (Å²) in [7, 11) is 0. The number of hydrogen-bond donors (Lipinski definition) is 2. The van der Waals surface area contributed by atoms with Gasteiger partial charge in [0.1, 0.15) is 6.04 Å². The van der Waals surface area contributed by atoms with Gasteiger partial charge in [-0.05, 0) is 6.42 Å². The zero-order valence-electron chi connectivity index (χ0n) is 10.3. The normalized spacial score (nSPS) is 18.0. The minimum absolute atomic E-state index is 0.0339. The van der Waals surface area contributed by atoms with Gasteiger partial charge in [-0.25, -0.2) is 0 Å². The number of amides is 2. The summed E-state index contributed by atoms with van der Waals surface area (Å²) >= 11 is 0. The van der Waals surface area contributed by atoms with Crippen molar-refractivity contribution in [3.05, 3.63) is 29.7 Å². The van der Waals surface area contributed by atoms with Crippen molar-refractivity contribution in [3.8, 4) is 0 Å². The molecule has 1 aliphatic heterocycles. The predicted octanol–water partition coefficient (Wildman–Crippen LogP) is -0.0613. The van der Waals surface area contributed by atoms with E-state index in [0.717, 1.165) is 0 Å². The summed E-state index contributed by atoms with van der Waals surface area (Å²) in [6, 6.07) is 1.21. The Hall–Kier alpha value is -2.71. The molecule has 1 saturated heterocycles. The van der Waals surface area contributed by atoms with Crippen LogP contribution in [0.1, 0.15) is 41.2 Å². The van der Waals surface area contributed by atoms with Gasteiger partial charge < -0.3 is 19.7 Å². The second kappa shape index (κ2) is 5.11. The van der Waals surface area contributed by atoms with Gasteiger partial charge in [0.2, 0.25) is 17.6 Å². The van der Waals surface area contributed by atoms with E-state index in [1.165, 1.54) is 12.3 Å². The molecule has 0 bridgehead atoms. The predicted molar refractivity (Wildman–Crippen MR) is 62.1 cm³/mol. The first-order valence-corrected chi connectivity index (χ1v) is 6.03. The molecule has 0 unspecified atom stereocenters. The fourth-order valence-corrected chi connectivity index (χ4v) is 1.86. The highest BCUT2D eigenvalue weighted by Crippen LogP contribution is 2.21. The monoisotopic (exact) mass is 277 g/mol. The number of nitrogens with zero attached hydrogens (tertiary/aromatic N) is 3. The maximum atomic E-state index is 11.6. The molecule has 2 N–H and O–H groups in total. The van der Waals surface area contributed by atoms with Crippen LogP contribution in [0.2, 0.25) is 0 Å². The zero-order valence-corrected chi connectivity index (χ0v) is 10.3. The molecule has 2 amide bonds. The summed E-state index contributed by atoms with van der Waals surface area (Å²) in [5.41, 5.74) is 0. The zero-order chi connectivity index (χ0) is 13.9. The van der Waals surface area contributed by atoms with Gasteiger partial charge in [-0.3, -0.25) is 9.59 Å². The molecule has 0 aromatic carbocycles. The molecular weight excluding hydrogens is 266 g/mol. The minimum atomic E-state index is -0.414. The molecule has 0 spiro atoms. The number of rotatable bonds is 4. The molecule has 9 heteroatoms. The minimum Gasteiger partial charge on any atom is -0.351 e. The van der Waals surface area contributed by atoms with Crippen molar-refractivity contribution in [2.75, 3.05) is 0 Å². The number of carbonyl (C=O) groups excluding carboxylic acids is 2. The highest BCUT2D eigenvalue weighted by Gasteiger charge is 2.27. The second-order valence-electron chi connectivity index (χ2n) is 4.27. The van der Waals surface area contributed by atoms with Crippen LogP contribution in [-0.4, -0.2) is 27.1 Å². The molecule has 20 heavy (non-hydrogen) atoms. The lowest BCUT2D eigenvalue weighted by Crippen LogP contribution is -2.23. The van der Waals surface area contributed by atoms with Crippen molar-refractivity contribution < 1.29 is 18.6 Å². The first kappa shape index (κ1) is 12.3. The van der Waals surface area contributed by atoms with E-state index in [-0.39, 0.29) is 24.3 Å². The quantitative estimate of drug-likeness (QED) is 0.802. The number of carbonyl (C=O) groups is 2. The van der Waals surface area contributed by atoms with E-state index >= 15 is 0 Å². The highest BCUT2D eigenvalue weighted by atomic mass is 16.5. The van der Waals surface area contributed by atoms with Crippen LogP contribution < -0.4 is 10.6 Å². The molecule has 104 valence electrons. The third-order valence-electron chi connectivity index (χ3n) is 2.85. The molecule has 0 saturated carbocycles. The van der Waals surface area contributed by atoms with Crippen LogP contribution in [0, 0.1) is 0 Å². The first-order valence-electron chi connectivity index (χ1n) is 6.03. The highest BCUT2D eigenvalue weighted by molar-refractivity contribution is 5.91. The Balaban J connectivity index is 1.57. The smallest absolute Gasteiger partial charge is 0.290 e. The Bertz CT molecular complexity index is 621. The van der Waals surface area contributed by atoms with Crippen molar-refractivity contribution in [1.29, 1.82) is 0 Å². The Kier molecular flexibility index (Phi) is 3.15. The average molecular weight is 277 g/mol. The average Bonchev–Trinajstić information content (AvgIpc) is 3.16. The summed E-state index contributed by atoms with van der Waals surface area (Å²) < 4.78 is 9.77. The lowest BCUT2D eigenvalue weighted by atomic mass is 10.2. The lowest BCUT2D eigenvalue weighted by molar-refractivity contribution is -0.119. The van der Waals surface area contributed by atoms with Crippen LogP contribution in [0.15, 0.2) is 21.3 Å². The second-order valence-corrected chi connectivity index (χ2v) is 4.27. The third kappa shape index (κ3) is 2.51. The van der Waals surface area contributed by atoms with E-state index in [1.807, 2.05) is 0 Å². The summed E-state index contributed by atoms with van der Waals surface area (Å²) in [4.78, 5) is 26.8. The Morgan fingerprint density at radius 2 is 2.40 bits per heavy atom. The van der Waals surface area contributed by atoms with Crippen molar-refractivity contribution in [2.45, 2.75) is 25.4 Å². The summed E-state index contributed by atoms with van der Waals surface area (Å²) in [5.74, 6) is 0.335. The first-order chi connectivity index (χ1) is 9.72. The molecular formula is C11H11N5O4. The molecule has 2 aromatic rings. The van der Waals surface area contributed by atoms with E-state index < -0.39 is 5.91 Å². The Morgan fingerprint density at radius 3 is 3.10 bits per heavy atom. The standard InChI is InChI=1S/C11H11N5O4/c17-9-2-1-6(14-9)11-15-8(16-20-11)5-12-10(18)7-3-4-13-19-7/h3-4,6H,1-2,5H2,(H,12,18)(H,14,17)/t6-/m0/s1. The van der Waals surface area contributed by atoms with Gasteiger partial charge in [0.25, 0.3) is 5.91 Å². The molecule has 9 nitrogen and oxygen atoms in total. The van der Waals surface area contributed by atoms with Gasteiger partial charge in [0, 0.05) is 12.5 Å². The van der Waals surface area contributed by atoms with Gasteiger partial charge >= 0.3 is 0 Å². The lowest BCUT2D eigenvalue weighted by Gasteiger charge is -2.01. The molecule has 3 heterocycles. The molecule has 0 aliphatic carbocycles. The van der Waals surface area contributed by atoms with Crippen LogP contribution in [-0.2, 0) is 11.3 Å². The molecule has 1 fully saturated rings. The van der Waals surface area contributed by atoms with Crippen molar-refractivity contribution in [2.24, 2.45) is 0 Å². The number of nitrogens with one attached hydrogen (secondary N) is 2. The van der Waals surface area contributed by atoms with Crippen molar-refractivity contribution in [3.63, 3.8) is 0 Å². The van der Waals surface area contributed by atoms with E-state index in [4.69, 9.17) is 9.05 Å². The van der Waals surface area contributed by atoms with E-state index in [0.29, 0.717) is 24.6 Å². The summed E-state index contributed by atoms with van der Waals surface area (Å²) in [6.07, 6.45) is 2.46.